The quantitative estimate of drug-likeness (QED) is 0.596. The zero-order valence-electron chi connectivity index (χ0n) is 15.4. The Morgan fingerprint density at radius 3 is 1.89 bits per heavy atom. The Kier molecular flexibility index (Phi) is 5.15. The van der Waals surface area contributed by atoms with Gasteiger partial charge in [0.15, 0.2) is 11.6 Å². The van der Waals surface area contributed by atoms with E-state index in [9.17, 15) is 14.0 Å². The first kappa shape index (κ1) is 18.3. The summed E-state index contributed by atoms with van der Waals surface area (Å²) in [5.41, 5.74) is 2.02. The minimum atomic E-state index is -0.370. The van der Waals surface area contributed by atoms with Gasteiger partial charge >= 0.3 is 0 Å². The molecule has 0 saturated heterocycles. The number of hydrogen-bond donors (Lipinski definition) is 0. The number of halogens is 1. The molecule has 2 atom stereocenters. The van der Waals surface area contributed by atoms with Crippen LogP contribution in [0.1, 0.15) is 46.4 Å². The van der Waals surface area contributed by atoms with Gasteiger partial charge in [-0.2, -0.15) is 0 Å². The molecule has 2 unspecified atom stereocenters. The number of benzene rings is 2. The number of hydrogen-bond acceptors (Lipinski definition) is 3. The molecule has 28 heavy (non-hydrogen) atoms. The van der Waals surface area contributed by atoms with Crippen molar-refractivity contribution in [2.75, 3.05) is 0 Å². The molecule has 0 N–H and O–H groups in total. The number of rotatable bonds is 5. The maximum Gasteiger partial charge on any atom is 0.166 e. The van der Waals surface area contributed by atoms with Gasteiger partial charge in [0.2, 0.25) is 0 Å². The van der Waals surface area contributed by atoms with Gasteiger partial charge in [0.1, 0.15) is 5.82 Å². The molecule has 0 amide bonds. The highest BCUT2D eigenvalue weighted by molar-refractivity contribution is 6.05. The summed E-state index contributed by atoms with van der Waals surface area (Å²) < 4.78 is 15.1. The first-order valence-electron chi connectivity index (χ1n) is 9.56. The van der Waals surface area contributed by atoms with Crippen LogP contribution in [0.5, 0.6) is 0 Å². The van der Waals surface area contributed by atoms with Crippen molar-refractivity contribution in [3.63, 3.8) is 0 Å². The standard InChI is InChI=1S/C23H21FN2O2/c24-18-9-5-16(6-10-18)22(27)20-3-1-2-4-21(20)23(28)17-7-11-19(12-8-17)26-14-13-25-15-26/h5-15,20-21H,1-4H2. The Morgan fingerprint density at radius 1 is 0.857 bits per heavy atom. The van der Waals surface area contributed by atoms with Gasteiger partial charge in [-0.05, 0) is 61.4 Å². The van der Waals surface area contributed by atoms with E-state index in [1.165, 1.54) is 24.3 Å². The fourth-order valence-electron chi connectivity index (χ4n) is 4.01. The average Bonchev–Trinajstić information content (AvgIpc) is 3.28. The number of carbonyl (C=O) groups excluding carboxylic acids is 2. The van der Waals surface area contributed by atoms with Crippen molar-refractivity contribution in [3.8, 4) is 5.69 Å². The molecule has 0 radical (unpaired) electrons. The van der Waals surface area contributed by atoms with E-state index < -0.39 is 0 Å². The van der Waals surface area contributed by atoms with Gasteiger partial charge in [0.25, 0.3) is 0 Å². The minimum Gasteiger partial charge on any atom is -0.306 e. The third-order valence-corrected chi connectivity index (χ3v) is 5.52. The Labute approximate surface area is 163 Å². The van der Waals surface area contributed by atoms with Crippen LogP contribution in [0.4, 0.5) is 4.39 Å². The fraction of sp³-hybridized carbons (Fsp3) is 0.261. The summed E-state index contributed by atoms with van der Waals surface area (Å²) in [4.78, 5) is 30.2. The molecule has 1 heterocycles. The third kappa shape index (κ3) is 3.65. The summed E-state index contributed by atoms with van der Waals surface area (Å²) >= 11 is 0. The van der Waals surface area contributed by atoms with Crippen molar-refractivity contribution >= 4 is 11.6 Å². The SMILES string of the molecule is O=C(c1ccc(F)cc1)C1CCCCC1C(=O)c1ccc(-n2ccnc2)cc1. The van der Waals surface area contributed by atoms with Gasteiger partial charge in [0, 0.05) is 41.0 Å². The van der Waals surface area contributed by atoms with Gasteiger partial charge in [-0.1, -0.05) is 12.8 Å². The summed E-state index contributed by atoms with van der Waals surface area (Å²) in [5.74, 6) is -1.10. The predicted octanol–water partition coefficient (Wildman–Crippen LogP) is 4.88. The van der Waals surface area contributed by atoms with Gasteiger partial charge in [-0.15, -0.1) is 0 Å². The van der Waals surface area contributed by atoms with Gasteiger partial charge in [-0.25, -0.2) is 9.37 Å². The third-order valence-electron chi connectivity index (χ3n) is 5.52. The molecule has 3 aromatic rings. The van der Waals surface area contributed by atoms with E-state index in [1.54, 1.807) is 12.5 Å². The highest BCUT2D eigenvalue weighted by Crippen LogP contribution is 2.35. The van der Waals surface area contributed by atoms with Crippen LogP contribution in [0.15, 0.2) is 67.3 Å². The van der Waals surface area contributed by atoms with Gasteiger partial charge in [0.05, 0.1) is 6.33 Å². The molecule has 0 aliphatic heterocycles. The number of aromatic nitrogens is 2. The van der Waals surface area contributed by atoms with Gasteiger partial charge < -0.3 is 4.57 Å². The Morgan fingerprint density at radius 2 is 1.39 bits per heavy atom. The molecular weight excluding hydrogens is 355 g/mol. The minimum absolute atomic E-state index is 0.0114. The van der Waals surface area contributed by atoms with Crippen LogP contribution in [0.2, 0.25) is 0 Å². The normalized spacial score (nSPS) is 19.3. The van der Waals surface area contributed by atoms with Crippen molar-refractivity contribution in [1.29, 1.82) is 0 Å². The smallest absolute Gasteiger partial charge is 0.166 e. The first-order valence-corrected chi connectivity index (χ1v) is 9.56. The van der Waals surface area contributed by atoms with E-state index in [0.29, 0.717) is 24.0 Å². The molecule has 4 nitrogen and oxygen atoms in total. The average molecular weight is 376 g/mol. The molecule has 1 aliphatic rings. The summed E-state index contributed by atoms with van der Waals surface area (Å²) in [6.45, 7) is 0. The Hall–Kier alpha value is -3.08. The zero-order valence-corrected chi connectivity index (χ0v) is 15.4. The Bertz CT molecular complexity index is 963. The van der Waals surface area contributed by atoms with Crippen LogP contribution in [-0.4, -0.2) is 21.1 Å². The highest BCUT2D eigenvalue weighted by Gasteiger charge is 2.36. The van der Waals surface area contributed by atoms with Crippen LogP contribution >= 0.6 is 0 Å². The zero-order chi connectivity index (χ0) is 19.5. The summed E-state index contributed by atoms with van der Waals surface area (Å²) in [6, 6.07) is 13.0. The summed E-state index contributed by atoms with van der Waals surface area (Å²) in [7, 11) is 0. The second kappa shape index (κ2) is 7.89. The van der Waals surface area contributed by atoms with Crippen molar-refractivity contribution < 1.29 is 14.0 Å². The highest BCUT2D eigenvalue weighted by atomic mass is 19.1. The number of ketones is 2. The molecule has 2 aromatic carbocycles. The van der Waals surface area contributed by atoms with E-state index in [0.717, 1.165) is 18.5 Å². The first-order chi connectivity index (χ1) is 13.6. The molecular formula is C23H21FN2O2. The largest absolute Gasteiger partial charge is 0.306 e. The molecule has 1 fully saturated rings. The number of imidazole rings is 1. The van der Waals surface area contributed by atoms with E-state index in [4.69, 9.17) is 0 Å². The molecule has 1 aliphatic carbocycles. The lowest BCUT2D eigenvalue weighted by atomic mass is 9.72. The maximum absolute atomic E-state index is 13.2. The van der Waals surface area contributed by atoms with Crippen LogP contribution < -0.4 is 0 Å². The van der Waals surface area contributed by atoms with Crippen LogP contribution in [0.3, 0.4) is 0 Å². The fourth-order valence-corrected chi connectivity index (χ4v) is 4.01. The molecule has 142 valence electrons. The molecule has 4 rings (SSSR count). The number of carbonyl (C=O) groups is 2. The monoisotopic (exact) mass is 376 g/mol. The van der Waals surface area contributed by atoms with Crippen LogP contribution in [0, 0.1) is 17.7 Å². The van der Waals surface area contributed by atoms with Crippen molar-refractivity contribution in [2.24, 2.45) is 11.8 Å². The lowest BCUT2D eigenvalue weighted by Gasteiger charge is -2.29. The van der Waals surface area contributed by atoms with Crippen molar-refractivity contribution in [1.82, 2.24) is 9.55 Å². The molecule has 5 heteroatoms. The summed E-state index contributed by atoms with van der Waals surface area (Å²) in [6.07, 6.45) is 8.52. The Balaban J connectivity index is 1.56. The second-order valence-corrected chi connectivity index (χ2v) is 7.25. The predicted molar refractivity (Wildman–Crippen MR) is 104 cm³/mol. The molecule has 1 saturated carbocycles. The lowest BCUT2D eigenvalue weighted by molar-refractivity contribution is 0.0709. The second-order valence-electron chi connectivity index (χ2n) is 7.25. The maximum atomic E-state index is 13.2. The van der Waals surface area contributed by atoms with E-state index in [-0.39, 0.29) is 29.2 Å². The van der Waals surface area contributed by atoms with E-state index in [1.807, 2.05) is 35.0 Å². The van der Waals surface area contributed by atoms with Crippen molar-refractivity contribution in [2.45, 2.75) is 25.7 Å². The van der Waals surface area contributed by atoms with Crippen molar-refractivity contribution in [3.05, 3.63) is 84.2 Å². The van der Waals surface area contributed by atoms with Gasteiger partial charge in [-0.3, -0.25) is 9.59 Å². The lowest BCUT2D eigenvalue weighted by Crippen LogP contribution is -2.33. The molecule has 0 spiro atoms. The molecule has 0 bridgehead atoms. The molecule has 1 aromatic heterocycles. The topological polar surface area (TPSA) is 52.0 Å². The number of nitrogens with zero attached hydrogens (tertiary/aromatic N) is 2. The summed E-state index contributed by atoms with van der Waals surface area (Å²) in [5, 5.41) is 0. The van der Waals surface area contributed by atoms with E-state index in [2.05, 4.69) is 4.98 Å². The van der Waals surface area contributed by atoms with Crippen LogP contribution in [0.25, 0.3) is 5.69 Å². The van der Waals surface area contributed by atoms with Crippen LogP contribution in [-0.2, 0) is 0 Å². The number of Topliss-reactive ketones (excluding diaryl/α,β-unsaturated/α-hetero) is 2. The van der Waals surface area contributed by atoms with E-state index >= 15 is 0 Å².